The highest BCUT2D eigenvalue weighted by Gasteiger charge is 2.49. The number of carbonyl (C=O) groups is 1. The molecule has 0 amide bonds. The second-order valence-corrected chi connectivity index (χ2v) is 9.47. The van der Waals surface area contributed by atoms with Crippen molar-refractivity contribution >= 4 is 22.6 Å². The average molecular weight is 367 g/mol. The minimum absolute atomic E-state index is 0.280. The van der Waals surface area contributed by atoms with Crippen LogP contribution in [0.4, 0.5) is 0 Å². The van der Waals surface area contributed by atoms with E-state index in [0.717, 1.165) is 28.7 Å². The number of benzene rings is 1. The second-order valence-electron chi connectivity index (χ2n) is 9.47. The smallest absolute Gasteiger partial charge is 0.340 e. The Morgan fingerprint density at radius 2 is 2.11 bits per heavy atom. The van der Waals surface area contributed by atoms with Gasteiger partial charge in [-0.2, -0.15) is 0 Å². The Morgan fingerprint density at radius 3 is 2.85 bits per heavy atom. The highest BCUT2D eigenvalue weighted by molar-refractivity contribution is 6.04. The number of likely N-dealkylation sites (tertiary alicyclic amines) is 1. The van der Waals surface area contributed by atoms with Crippen LogP contribution in [0.1, 0.15) is 62.9 Å². The molecule has 1 aromatic carbocycles. The van der Waals surface area contributed by atoms with Gasteiger partial charge in [-0.05, 0) is 54.7 Å². The number of fused-ring (bicyclic) bond motifs is 3. The van der Waals surface area contributed by atoms with Gasteiger partial charge in [-0.25, -0.2) is 4.79 Å². The van der Waals surface area contributed by atoms with Crippen molar-refractivity contribution in [1.82, 2.24) is 9.88 Å². The number of nitrogens with one attached hydrogen (secondary N) is 1. The number of H-pyrrole nitrogens is 1. The molecule has 2 aromatic rings. The van der Waals surface area contributed by atoms with Crippen molar-refractivity contribution in [2.24, 2.45) is 10.8 Å². The molecular weight excluding hydrogens is 336 g/mol. The molecule has 2 fully saturated rings. The van der Waals surface area contributed by atoms with E-state index in [-0.39, 0.29) is 5.97 Å². The number of carbonyl (C=O) groups excluding carboxylic acids is 1. The van der Waals surface area contributed by atoms with Crippen LogP contribution in [0.3, 0.4) is 0 Å². The first kappa shape index (κ1) is 18.1. The molecular formula is C23H30N2O2. The normalized spacial score (nSPS) is 26.4. The summed E-state index contributed by atoms with van der Waals surface area (Å²) in [5, 5.41) is 0.904. The molecule has 2 atom stereocenters. The molecule has 4 heteroatoms. The van der Waals surface area contributed by atoms with E-state index in [1.54, 1.807) is 6.20 Å². The summed E-state index contributed by atoms with van der Waals surface area (Å²) in [6.07, 6.45) is 5.46. The molecule has 1 saturated carbocycles. The fraction of sp³-hybridized carbons (Fsp3) is 0.522. The van der Waals surface area contributed by atoms with Crippen LogP contribution in [0.5, 0.6) is 0 Å². The molecule has 1 saturated heterocycles. The lowest BCUT2D eigenvalue weighted by Crippen LogP contribution is -2.34. The minimum Gasteiger partial charge on any atom is -0.462 e. The Balaban J connectivity index is 1.65. The largest absolute Gasteiger partial charge is 0.462 e. The lowest BCUT2D eigenvalue weighted by Gasteiger charge is -2.39. The number of esters is 1. The van der Waals surface area contributed by atoms with Crippen molar-refractivity contribution in [3.8, 4) is 0 Å². The fourth-order valence-corrected chi connectivity index (χ4v) is 5.62. The predicted molar refractivity (Wildman–Crippen MR) is 110 cm³/mol. The topological polar surface area (TPSA) is 45.3 Å². The van der Waals surface area contributed by atoms with Crippen LogP contribution in [0.2, 0.25) is 0 Å². The molecule has 2 bridgehead atoms. The number of nitrogens with zero attached hydrogens (tertiary/aromatic N) is 1. The second kappa shape index (κ2) is 6.15. The summed E-state index contributed by atoms with van der Waals surface area (Å²) in [4.78, 5) is 17.9. The monoisotopic (exact) mass is 366 g/mol. The summed E-state index contributed by atoms with van der Waals surface area (Å²) in [6, 6.07) is 6.77. The standard InChI is InChI=1S/C23H30N2O2/c1-6-27-21(26)19-12-24-20-8-7-16(9-18(19)20)15(2)25-14-23(5)11-17(25)10-22(3,4)13-23/h7-9,12,17,24H,2,6,10-11,13-14H2,1,3-5H3. The Hall–Kier alpha value is -2.23. The molecule has 2 aliphatic rings. The Bertz CT molecular complexity index is 910. The van der Waals surface area contributed by atoms with Crippen molar-refractivity contribution in [2.75, 3.05) is 13.2 Å². The van der Waals surface area contributed by atoms with E-state index in [0.29, 0.717) is 29.0 Å². The van der Waals surface area contributed by atoms with E-state index in [1.165, 1.54) is 19.3 Å². The van der Waals surface area contributed by atoms with Gasteiger partial charge in [0.1, 0.15) is 0 Å². The molecule has 1 aliphatic carbocycles. The first-order valence-corrected chi connectivity index (χ1v) is 9.96. The Labute approximate surface area is 161 Å². The van der Waals surface area contributed by atoms with Gasteiger partial charge in [0.15, 0.2) is 0 Å². The Morgan fingerprint density at radius 1 is 1.33 bits per heavy atom. The Kier molecular flexibility index (Phi) is 4.13. The number of aromatic nitrogens is 1. The summed E-state index contributed by atoms with van der Waals surface area (Å²) >= 11 is 0. The van der Waals surface area contributed by atoms with Crippen LogP contribution >= 0.6 is 0 Å². The summed E-state index contributed by atoms with van der Waals surface area (Å²) < 4.78 is 5.20. The summed E-state index contributed by atoms with van der Waals surface area (Å²) in [5.41, 5.74) is 4.44. The number of hydrogen-bond acceptors (Lipinski definition) is 3. The molecule has 0 radical (unpaired) electrons. The van der Waals surface area contributed by atoms with Gasteiger partial charge in [0.2, 0.25) is 0 Å². The third-order valence-electron chi connectivity index (χ3n) is 6.27. The minimum atomic E-state index is -0.280. The number of ether oxygens (including phenoxy) is 1. The number of aromatic amines is 1. The van der Waals surface area contributed by atoms with E-state index in [4.69, 9.17) is 4.74 Å². The third kappa shape index (κ3) is 3.15. The summed E-state index contributed by atoms with van der Waals surface area (Å²) in [7, 11) is 0. The van der Waals surface area contributed by atoms with Gasteiger partial charge >= 0.3 is 5.97 Å². The maximum absolute atomic E-state index is 12.2. The van der Waals surface area contributed by atoms with Crippen molar-refractivity contribution in [3.05, 3.63) is 42.1 Å². The van der Waals surface area contributed by atoms with Crippen LogP contribution in [0.15, 0.2) is 31.0 Å². The van der Waals surface area contributed by atoms with Crippen LogP contribution in [-0.2, 0) is 4.74 Å². The van der Waals surface area contributed by atoms with Gasteiger partial charge in [-0.15, -0.1) is 0 Å². The van der Waals surface area contributed by atoms with Crippen LogP contribution < -0.4 is 0 Å². The molecule has 1 N–H and O–H groups in total. The van der Waals surface area contributed by atoms with E-state index >= 15 is 0 Å². The molecule has 1 aliphatic heterocycles. The van der Waals surface area contributed by atoms with E-state index in [1.807, 2.05) is 13.0 Å². The van der Waals surface area contributed by atoms with Gasteiger partial charge in [-0.3, -0.25) is 0 Å². The quantitative estimate of drug-likeness (QED) is 0.755. The summed E-state index contributed by atoms with van der Waals surface area (Å²) in [6.45, 7) is 14.9. The van der Waals surface area contributed by atoms with E-state index < -0.39 is 0 Å². The van der Waals surface area contributed by atoms with E-state index in [9.17, 15) is 4.79 Å². The predicted octanol–water partition coefficient (Wildman–Crippen LogP) is 5.22. The average Bonchev–Trinajstić information content (AvgIpc) is 3.11. The zero-order chi connectivity index (χ0) is 19.4. The highest BCUT2D eigenvalue weighted by atomic mass is 16.5. The van der Waals surface area contributed by atoms with E-state index in [2.05, 4.69) is 49.4 Å². The molecule has 2 heterocycles. The van der Waals surface area contributed by atoms with Crippen molar-refractivity contribution in [1.29, 1.82) is 0 Å². The van der Waals surface area contributed by atoms with Gasteiger partial charge < -0.3 is 14.6 Å². The lowest BCUT2D eigenvalue weighted by molar-refractivity contribution is 0.0528. The van der Waals surface area contributed by atoms with Crippen LogP contribution in [0.25, 0.3) is 16.6 Å². The number of hydrogen-bond donors (Lipinski definition) is 1. The zero-order valence-corrected chi connectivity index (χ0v) is 16.9. The number of rotatable bonds is 4. The van der Waals surface area contributed by atoms with Crippen molar-refractivity contribution in [2.45, 2.75) is 53.0 Å². The molecule has 144 valence electrons. The molecule has 0 spiro atoms. The van der Waals surface area contributed by atoms with Crippen LogP contribution in [0, 0.1) is 10.8 Å². The van der Waals surface area contributed by atoms with Gasteiger partial charge in [0.25, 0.3) is 0 Å². The molecule has 4 nitrogen and oxygen atoms in total. The van der Waals surface area contributed by atoms with Crippen LogP contribution in [-0.4, -0.2) is 35.0 Å². The molecule has 1 aromatic heterocycles. The van der Waals surface area contributed by atoms with Crippen molar-refractivity contribution < 1.29 is 9.53 Å². The highest BCUT2D eigenvalue weighted by Crippen LogP contribution is 2.54. The SMILES string of the molecule is C=C(c1ccc2[nH]cc(C(=O)OCC)c2c1)N1CC2(C)CC1CC(C)(C)C2. The molecule has 4 rings (SSSR count). The van der Waals surface area contributed by atoms with Gasteiger partial charge in [0, 0.05) is 35.4 Å². The molecule has 27 heavy (non-hydrogen) atoms. The summed E-state index contributed by atoms with van der Waals surface area (Å²) in [5.74, 6) is -0.280. The van der Waals surface area contributed by atoms with Crippen molar-refractivity contribution in [3.63, 3.8) is 0 Å². The first-order chi connectivity index (χ1) is 12.7. The van der Waals surface area contributed by atoms with Gasteiger partial charge in [0.05, 0.1) is 12.2 Å². The fourth-order valence-electron chi connectivity index (χ4n) is 5.62. The lowest BCUT2D eigenvalue weighted by atomic mass is 9.65. The molecule has 2 unspecified atom stereocenters. The third-order valence-corrected chi connectivity index (χ3v) is 6.27. The maximum atomic E-state index is 12.2. The maximum Gasteiger partial charge on any atom is 0.340 e. The first-order valence-electron chi connectivity index (χ1n) is 9.96. The van der Waals surface area contributed by atoms with Gasteiger partial charge in [-0.1, -0.05) is 33.4 Å². The zero-order valence-electron chi connectivity index (χ0n) is 16.9.